The molecule has 1 aliphatic heterocycles. The summed E-state index contributed by atoms with van der Waals surface area (Å²) in [7, 11) is 0. The molecule has 168 valence electrons. The average molecular weight is 449 g/mol. The Kier molecular flexibility index (Phi) is 5.89. The third-order valence-electron chi connectivity index (χ3n) is 7.09. The van der Waals surface area contributed by atoms with E-state index < -0.39 is 0 Å². The van der Waals surface area contributed by atoms with Gasteiger partial charge in [-0.15, -0.1) is 11.3 Å². The van der Waals surface area contributed by atoms with Crippen molar-refractivity contribution in [2.45, 2.75) is 52.4 Å². The van der Waals surface area contributed by atoms with Crippen molar-refractivity contribution in [1.82, 2.24) is 14.9 Å². The number of benzene rings is 1. The minimum atomic E-state index is 0.125. The van der Waals surface area contributed by atoms with Gasteiger partial charge in [0.05, 0.1) is 5.39 Å². The van der Waals surface area contributed by atoms with E-state index in [1.165, 1.54) is 22.2 Å². The van der Waals surface area contributed by atoms with Gasteiger partial charge in [0.2, 0.25) is 0 Å². The summed E-state index contributed by atoms with van der Waals surface area (Å²) in [6.45, 7) is 9.84. The summed E-state index contributed by atoms with van der Waals surface area (Å²) in [6.07, 6.45) is 4.56. The van der Waals surface area contributed by atoms with Crippen molar-refractivity contribution in [3.05, 3.63) is 52.2 Å². The van der Waals surface area contributed by atoms with E-state index in [1.54, 1.807) is 0 Å². The maximum Gasteiger partial charge on any atom is 0.253 e. The topological polar surface area (TPSA) is 49.3 Å². The molecule has 1 saturated heterocycles. The number of rotatable bonds is 4. The molecule has 2 aliphatic rings. The molecule has 0 bridgehead atoms. The fourth-order valence-corrected chi connectivity index (χ4v) is 6.24. The molecular weight excluding hydrogens is 416 g/mol. The number of aryl methyl sites for hydroxylation is 1. The minimum Gasteiger partial charge on any atom is -0.352 e. The van der Waals surface area contributed by atoms with E-state index >= 15 is 0 Å². The summed E-state index contributed by atoms with van der Waals surface area (Å²) in [5, 5.41) is 1.28. The maximum absolute atomic E-state index is 12.9. The number of hydrogen-bond donors (Lipinski definition) is 0. The minimum absolute atomic E-state index is 0.125. The number of carbonyl (C=O) groups excluding carboxylic acids is 1. The molecule has 1 amide bonds. The molecule has 2 atom stereocenters. The monoisotopic (exact) mass is 448 g/mol. The first kappa shape index (κ1) is 21.4. The summed E-state index contributed by atoms with van der Waals surface area (Å²) in [5.41, 5.74) is 2.25. The van der Waals surface area contributed by atoms with Gasteiger partial charge in [0.15, 0.2) is 0 Å². The van der Waals surface area contributed by atoms with Crippen molar-refractivity contribution in [1.29, 1.82) is 0 Å². The zero-order valence-electron chi connectivity index (χ0n) is 19.3. The van der Waals surface area contributed by atoms with Gasteiger partial charge in [0.1, 0.15) is 16.5 Å². The number of carbonyl (C=O) groups is 1. The second-order valence-electron chi connectivity index (χ2n) is 9.39. The van der Waals surface area contributed by atoms with Gasteiger partial charge in [-0.05, 0) is 49.3 Å². The lowest BCUT2D eigenvalue weighted by Crippen LogP contribution is -2.49. The van der Waals surface area contributed by atoms with E-state index in [-0.39, 0.29) is 5.91 Å². The van der Waals surface area contributed by atoms with E-state index in [2.05, 4.69) is 25.7 Å². The molecule has 2 unspecified atom stereocenters. The Labute approximate surface area is 194 Å². The van der Waals surface area contributed by atoms with Crippen LogP contribution in [0.5, 0.6) is 0 Å². The lowest BCUT2D eigenvalue weighted by atomic mass is 9.89. The molecule has 3 heterocycles. The summed E-state index contributed by atoms with van der Waals surface area (Å²) in [4.78, 5) is 30.1. The number of hydrogen-bond acceptors (Lipinski definition) is 5. The normalized spacial score (nSPS) is 19.8. The van der Waals surface area contributed by atoms with Gasteiger partial charge in [0, 0.05) is 42.5 Å². The van der Waals surface area contributed by atoms with Crippen LogP contribution in [0.4, 0.5) is 5.82 Å². The first-order chi connectivity index (χ1) is 15.5. The summed E-state index contributed by atoms with van der Waals surface area (Å²) in [6, 6.07) is 9.61. The Morgan fingerprint density at radius 2 is 1.91 bits per heavy atom. The van der Waals surface area contributed by atoms with E-state index in [9.17, 15) is 4.79 Å². The van der Waals surface area contributed by atoms with Crippen molar-refractivity contribution in [2.24, 2.45) is 5.92 Å². The van der Waals surface area contributed by atoms with Crippen LogP contribution in [0.25, 0.3) is 10.2 Å². The zero-order chi connectivity index (χ0) is 22.2. The molecule has 0 saturated carbocycles. The van der Waals surface area contributed by atoms with E-state index in [0.29, 0.717) is 5.92 Å². The highest BCUT2D eigenvalue weighted by Gasteiger charge is 2.29. The molecule has 2 aromatic heterocycles. The van der Waals surface area contributed by atoms with Gasteiger partial charge in [-0.25, -0.2) is 9.97 Å². The third kappa shape index (κ3) is 3.90. The number of fused-ring (bicyclic) bond motifs is 3. The lowest BCUT2D eigenvalue weighted by Gasteiger charge is -2.36. The molecule has 5 nitrogen and oxygen atoms in total. The van der Waals surface area contributed by atoms with Crippen LogP contribution in [0.2, 0.25) is 0 Å². The quantitative estimate of drug-likeness (QED) is 0.544. The summed E-state index contributed by atoms with van der Waals surface area (Å²) in [5.74, 6) is 3.28. The second kappa shape index (κ2) is 8.81. The molecular formula is C26H32N4OS. The predicted octanol–water partition coefficient (Wildman–Crippen LogP) is 5.29. The number of piperazine rings is 1. The molecule has 3 aromatic rings. The van der Waals surface area contributed by atoms with Crippen LogP contribution in [0, 0.1) is 5.92 Å². The largest absolute Gasteiger partial charge is 0.352 e. The lowest BCUT2D eigenvalue weighted by molar-refractivity contribution is 0.0746. The fraction of sp³-hybridized carbons (Fsp3) is 0.500. The van der Waals surface area contributed by atoms with Crippen LogP contribution < -0.4 is 4.90 Å². The van der Waals surface area contributed by atoms with E-state index in [0.717, 1.165) is 73.4 Å². The maximum atomic E-state index is 12.9. The van der Waals surface area contributed by atoms with Crippen molar-refractivity contribution in [2.75, 3.05) is 31.1 Å². The highest BCUT2D eigenvalue weighted by atomic mass is 32.1. The van der Waals surface area contributed by atoms with E-state index in [4.69, 9.17) is 9.97 Å². The molecule has 1 aliphatic carbocycles. The summed E-state index contributed by atoms with van der Waals surface area (Å²) < 4.78 is 0. The van der Waals surface area contributed by atoms with Gasteiger partial charge in [-0.1, -0.05) is 39.0 Å². The van der Waals surface area contributed by atoms with Gasteiger partial charge in [-0.3, -0.25) is 4.79 Å². The molecule has 0 spiro atoms. The van der Waals surface area contributed by atoms with Crippen LogP contribution in [-0.2, 0) is 12.8 Å². The van der Waals surface area contributed by atoms with Gasteiger partial charge < -0.3 is 9.80 Å². The standard InChI is InChI=1S/C26H32N4OS/c1-4-18(3)23-27-24(22-20-11-10-17(2)16-21(20)32-25(22)28-23)29-12-14-30(15-13-29)26(31)19-8-6-5-7-9-19/h5-9,17-18H,4,10-16H2,1-3H3. The molecule has 0 radical (unpaired) electrons. The number of aromatic nitrogens is 2. The zero-order valence-corrected chi connectivity index (χ0v) is 20.1. The van der Waals surface area contributed by atoms with Crippen molar-refractivity contribution in [3.8, 4) is 0 Å². The van der Waals surface area contributed by atoms with Crippen LogP contribution in [0.15, 0.2) is 30.3 Å². The van der Waals surface area contributed by atoms with Crippen molar-refractivity contribution < 1.29 is 4.79 Å². The first-order valence-corrected chi connectivity index (χ1v) is 12.8. The average Bonchev–Trinajstić information content (AvgIpc) is 3.20. The number of nitrogens with zero attached hydrogens (tertiary/aromatic N) is 4. The van der Waals surface area contributed by atoms with E-state index in [1.807, 2.05) is 46.6 Å². The Morgan fingerprint density at radius 3 is 2.62 bits per heavy atom. The fourth-order valence-electron chi connectivity index (χ4n) is 4.86. The van der Waals surface area contributed by atoms with Gasteiger partial charge in [-0.2, -0.15) is 0 Å². The first-order valence-electron chi connectivity index (χ1n) is 12.0. The van der Waals surface area contributed by atoms with Crippen molar-refractivity contribution >= 4 is 33.3 Å². The third-order valence-corrected chi connectivity index (χ3v) is 8.24. The van der Waals surface area contributed by atoms with Gasteiger partial charge in [0.25, 0.3) is 5.91 Å². The Morgan fingerprint density at radius 1 is 1.16 bits per heavy atom. The van der Waals surface area contributed by atoms with Crippen LogP contribution in [-0.4, -0.2) is 47.0 Å². The van der Waals surface area contributed by atoms with Crippen LogP contribution in [0.1, 0.15) is 66.2 Å². The Bertz CT molecular complexity index is 1120. The molecule has 32 heavy (non-hydrogen) atoms. The molecule has 1 fully saturated rings. The molecule has 6 heteroatoms. The smallest absolute Gasteiger partial charge is 0.253 e. The van der Waals surface area contributed by atoms with Crippen LogP contribution >= 0.6 is 11.3 Å². The van der Waals surface area contributed by atoms with Gasteiger partial charge >= 0.3 is 0 Å². The Hall–Kier alpha value is -2.47. The SMILES string of the molecule is CCC(C)c1nc(N2CCN(C(=O)c3ccccc3)CC2)c2c3c(sc2n1)CC(C)CC3. The predicted molar refractivity (Wildman–Crippen MR) is 132 cm³/mol. The number of thiophene rings is 1. The number of amides is 1. The number of anilines is 1. The van der Waals surface area contributed by atoms with Crippen LogP contribution in [0.3, 0.4) is 0 Å². The Balaban J connectivity index is 1.46. The highest BCUT2D eigenvalue weighted by Crippen LogP contribution is 2.41. The molecule has 1 aromatic carbocycles. The molecule has 0 N–H and O–H groups in total. The highest BCUT2D eigenvalue weighted by molar-refractivity contribution is 7.19. The van der Waals surface area contributed by atoms with Crippen molar-refractivity contribution in [3.63, 3.8) is 0 Å². The second-order valence-corrected chi connectivity index (χ2v) is 10.5. The summed E-state index contributed by atoms with van der Waals surface area (Å²) >= 11 is 1.88. The molecule has 5 rings (SSSR count).